The normalized spacial score (nSPS) is 18.9. The van der Waals surface area contributed by atoms with Crippen LogP contribution in [0.25, 0.3) is 0 Å². The van der Waals surface area contributed by atoms with Gasteiger partial charge in [-0.05, 0) is 30.7 Å². The van der Waals surface area contributed by atoms with Crippen LogP contribution in [0.5, 0.6) is 0 Å². The van der Waals surface area contributed by atoms with Crippen molar-refractivity contribution in [3.05, 3.63) is 58.1 Å². The summed E-state index contributed by atoms with van der Waals surface area (Å²) in [5, 5.41) is 17.3. The van der Waals surface area contributed by atoms with Crippen LogP contribution in [0.1, 0.15) is 18.9 Å². The molecule has 8 heteroatoms. The number of anilines is 2. The number of benzene rings is 2. The number of aliphatic hydroxyl groups is 1. The fourth-order valence-corrected chi connectivity index (χ4v) is 3.14. The zero-order valence-corrected chi connectivity index (χ0v) is 15.4. The monoisotopic (exact) mass is 393 g/mol. The number of fused-ring (bicyclic) bond motifs is 1. The van der Waals surface area contributed by atoms with Gasteiger partial charge in [0.15, 0.2) is 0 Å². The zero-order chi connectivity index (χ0) is 18.9. The van der Waals surface area contributed by atoms with E-state index in [0.29, 0.717) is 23.7 Å². The van der Waals surface area contributed by atoms with Crippen LogP contribution in [-0.4, -0.2) is 23.6 Å². The molecular weight excluding hydrogens is 377 g/mol. The second kappa shape index (κ2) is 7.15. The minimum Gasteiger partial charge on any atom is -0.359 e. The molecule has 3 amide bonds. The highest BCUT2D eigenvalue weighted by Gasteiger charge is 2.51. The Labute approximate surface area is 160 Å². The highest BCUT2D eigenvalue weighted by Crippen LogP contribution is 2.41. The average Bonchev–Trinajstić information content (AvgIpc) is 2.62. The summed E-state index contributed by atoms with van der Waals surface area (Å²) in [6, 6.07) is 10.4. The van der Waals surface area contributed by atoms with Crippen LogP contribution >= 0.6 is 23.2 Å². The largest absolute Gasteiger partial charge is 0.359 e. The SMILES string of the molecule is CCCNC(=O)[C@@]1(O)c2ccccc2NC(=O)N1c1ccc(Cl)c(Cl)c1. The van der Waals surface area contributed by atoms with Crippen LogP contribution in [0.3, 0.4) is 0 Å². The summed E-state index contributed by atoms with van der Waals surface area (Å²) in [4.78, 5) is 26.6. The van der Waals surface area contributed by atoms with Gasteiger partial charge in [0.25, 0.3) is 11.6 Å². The van der Waals surface area contributed by atoms with Gasteiger partial charge in [-0.1, -0.05) is 48.3 Å². The van der Waals surface area contributed by atoms with Crippen LogP contribution in [0, 0.1) is 0 Å². The average molecular weight is 394 g/mol. The number of rotatable bonds is 4. The second-order valence-corrected chi connectivity index (χ2v) is 6.65. The molecule has 2 aromatic carbocycles. The summed E-state index contributed by atoms with van der Waals surface area (Å²) >= 11 is 12.0. The molecular formula is C18H17Cl2N3O3. The maximum atomic E-state index is 12.9. The van der Waals surface area contributed by atoms with E-state index in [1.54, 1.807) is 24.3 Å². The predicted molar refractivity (Wildman–Crippen MR) is 102 cm³/mol. The topological polar surface area (TPSA) is 81.7 Å². The standard InChI is InChI=1S/C18H17Cl2N3O3/c1-2-9-21-16(24)18(26)12-5-3-4-6-15(12)22-17(25)23(18)11-7-8-13(19)14(20)10-11/h3-8,10,26H,2,9H2,1H3,(H,21,24)(H,22,25)/t18-/m0/s1. The number of nitrogens with zero attached hydrogens (tertiary/aromatic N) is 1. The molecule has 0 saturated carbocycles. The molecule has 136 valence electrons. The molecule has 0 saturated heterocycles. The van der Waals surface area contributed by atoms with Crippen molar-refractivity contribution in [2.75, 3.05) is 16.8 Å². The van der Waals surface area contributed by atoms with E-state index in [-0.39, 0.29) is 16.3 Å². The lowest BCUT2D eigenvalue weighted by Gasteiger charge is -2.42. The van der Waals surface area contributed by atoms with Gasteiger partial charge in [-0.2, -0.15) is 0 Å². The van der Waals surface area contributed by atoms with Crippen LogP contribution in [0.4, 0.5) is 16.2 Å². The number of hydrogen-bond acceptors (Lipinski definition) is 3. The Morgan fingerprint density at radius 3 is 2.65 bits per heavy atom. The first-order valence-electron chi connectivity index (χ1n) is 8.06. The van der Waals surface area contributed by atoms with E-state index in [0.717, 1.165) is 4.90 Å². The van der Waals surface area contributed by atoms with Gasteiger partial charge in [-0.3, -0.25) is 9.69 Å². The molecule has 3 rings (SSSR count). The minimum atomic E-state index is -2.23. The van der Waals surface area contributed by atoms with E-state index in [1.807, 2.05) is 6.92 Å². The summed E-state index contributed by atoms with van der Waals surface area (Å²) in [6.45, 7) is 2.25. The number of halogens is 2. The molecule has 0 radical (unpaired) electrons. The molecule has 6 nitrogen and oxygen atoms in total. The van der Waals surface area contributed by atoms with Crippen molar-refractivity contribution in [3.63, 3.8) is 0 Å². The maximum Gasteiger partial charge on any atom is 0.329 e. The summed E-state index contributed by atoms with van der Waals surface area (Å²) < 4.78 is 0. The van der Waals surface area contributed by atoms with E-state index in [1.165, 1.54) is 18.2 Å². The van der Waals surface area contributed by atoms with Gasteiger partial charge in [0.2, 0.25) is 0 Å². The fraction of sp³-hybridized carbons (Fsp3) is 0.222. The highest BCUT2D eigenvalue weighted by atomic mass is 35.5. The molecule has 0 aromatic heterocycles. The lowest BCUT2D eigenvalue weighted by atomic mass is 9.95. The van der Waals surface area contributed by atoms with Crippen molar-refractivity contribution in [1.29, 1.82) is 0 Å². The second-order valence-electron chi connectivity index (χ2n) is 5.84. The lowest BCUT2D eigenvalue weighted by molar-refractivity contribution is -0.140. The molecule has 1 aliphatic rings. The Morgan fingerprint density at radius 1 is 1.23 bits per heavy atom. The highest BCUT2D eigenvalue weighted by molar-refractivity contribution is 6.42. The Morgan fingerprint density at radius 2 is 1.96 bits per heavy atom. The first-order chi connectivity index (χ1) is 12.4. The van der Waals surface area contributed by atoms with Crippen molar-refractivity contribution in [2.45, 2.75) is 19.1 Å². The first kappa shape index (κ1) is 18.5. The fourth-order valence-electron chi connectivity index (χ4n) is 2.85. The van der Waals surface area contributed by atoms with Gasteiger partial charge >= 0.3 is 6.03 Å². The lowest BCUT2D eigenvalue weighted by Crippen LogP contribution is -2.62. The Kier molecular flexibility index (Phi) is 5.09. The number of para-hydroxylation sites is 1. The molecule has 1 heterocycles. The first-order valence-corrected chi connectivity index (χ1v) is 8.81. The quantitative estimate of drug-likeness (QED) is 0.740. The Hall–Kier alpha value is -2.28. The van der Waals surface area contributed by atoms with E-state index < -0.39 is 17.7 Å². The molecule has 3 N–H and O–H groups in total. The minimum absolute atomic E-state index is 0.201. The Balaban J connectivity index is 2.18. The van der Waals surface area contributed by atoms with E-state index in [9.17, 15) is 14.7 Å². The van der Waals surface area contributed by atoms with Crippen molar-refractivity contribution < 1.29 is 14.7 Å². The third-order valence-electron chi connectivity index (χ3n) is 4.08. The van der Waals surface area contributed by atoms with E-state index >= 15 is 0 Å². The number of urea groups is 1. The van der Waals surface area contributed by atoms with Gasteiger partial charge in [0, 0.05) is 12.1 Å². The molecule has 0 fully saturated rings. The maximum absolute atomic E-state index is 12.9. The summed E-state index contributed by atoms with van der Waals surface area (Å²) in [7, 11) is 0. The number of hydrogen-bond donors (Lipinski definition) is 3. The smallest absolute Gasteiger partial charge is 0.329 e. The summed E-state index contributed by atoms with van der Waals surface area (Å²) in [5.74, 6) is -0.701. The van der Waals surface area contributed by atoms with E-state index in [2.05, 4.69) is 10.6 Å². The van der Waals surface area contributed by atoms with Gasteiger partial charge in [-0.25, -0.2) is 4.79 Å². The van der Waals surface area contributed by atoms with Crippen LogP contribution in [0.2, 0.25) is 10.0 Å². The third kappa shape index (κ3) is 3.00. The van der Waals surface area contributed by atoms with E-state index in [4.69, 9.17) is 23.2 Å². The molecule has 1 aliphatic heterocycles. The predicted octanol–water partition coefficient (Wildman–Crippen LogP) is 3.72. The summed E-state index contributed by atoms with van der Waals surface area (Å²) in [5.41, 5.74) is -1.37. The van der Waals surface area contributed by atoms with Crippen LogP contribution < -0.4 is 15.5 Å². The van der Waals surface area contributed by atoms with Gasteiger partial charge < -0.3 is 15.7 Å². The molecule has 1 atom stereocenters. The van der Waals surface area contributed by atoms with Crippen molar-refractivity contribution in [2.24, 2.45) is 0 Å². The molecule has 2 aromatic rings. The summed E-state index contributed by atoms with van der Waals surface area (Å²) in [6.07, 6.45) is 0.683. The van der Waals surface area contributed by atoms with Crippen molar-refractivity contribution >= 4 is 46.5 Å². The van der Waals surface area contributed by atoms with Gasteiger partial charge in [0.1, 0.15) is 0 Å². The molecule has 0 spiro atoms. The molecule has 0 unspecified atom stereocenters. The van der Waals surface area contributed by atoms with Crippen LogP contribution in [0.15, 0.2) is 42.5 Å². The molecule has 0 bridgehead atoms. The van der Waals surface area contributed by atoms with Gasteiger partial charge in [-0.15, -0.1) is 0 Å². The Bertz CT molecular complexity index is 875. The number of carbonyl (C=O) groups excluding carboxylic acids is 2. The van der Waals surface area contributed by atoms with Crippen molar-refractivity contribution in [1.82, 2.24) is 5.32 Å². The third-order valence-corrected chi connectivity index (χ3v) is 4.82. The zero-order valence-electron chi connectivity index (χ0n) is 13.9. The van der Waals surface area contributed by atoms with Gasteiger partial charge in [0.05, 0.1) is 21.4 Å². The van der Waals surface area contributed by atoms with Crippen LogP contribution in [-0.2, 0) is 10.5 Å². The number of nitrogens with one attached hydrogen (secondary N) is 2. The molecule has 26 heavy (non-hydrogen) atoms. The number of amides is 3. The van der Waals surface area contributed by atoms with Crippen molar-refractivity contribution in [3.8, 4) is 0 Å². The number of carbonyl (C=O) groups is 2. The molecule has 0 aliphatic carbocycles.